The first kappa shape index (κ1) is 9.77. The van der Waals surface area contributed by atoms with Gasteiger partial charge in [-0.25, -0.2) is 0 Å². The summed E-state index contributed by atoms with van der Waals surface area (Å²) in [4.78, 5) is 10.4. The summed E-state index contributed by atoms with van der Waals surface area (Å²) in [5, 5.41) is 12.8. The number of rotatable bonds is 4. The van der Waals surface area contributed by atoms with E-state index in [4.69, 9.17) is 5.11 Å². The second-order valence-corrected chi connectivity index (χ2v) is 3.10. The van der Waals surface area contributed by atoms with Gasteiger partial charge in [0.1, 0.15) is 0 Å². The standard InChI is InChI=1S/C9H14N2O2/c1-3-11-5-4-8(10-11)7(2)6-9(12)13/h4-5,7H,3,6H2,1-2H3,(H,12,13). The summed E-state index contributed by atoms with van der Waals surface area (Å²) in [5.41, 5.74) is 0.851. The Morgan fingerprint density at radius 1 is 1.77 bits per heavy atom. The maximum Gasteiger partial charge on any atom is 0.304 e. The summed E-state index contributed by atoms with van der Waals surface area (Å²) in [6, 6.07) is 1.87. The van der Waals surface area contributed by atoms with E-state index in [0.717, 1.165) is 12.2 Å². The molecule has 0 spiro atoms. The summed E-state index contributed by atoms with van der Waals surface area (Å²) in [5.74, 6) is -0.788. The molecule has 0 aliphatic heterocycles. The van der Waals surface area contributed by atoms with Gasteiger partial charge in [-0.05, 0) is 13.0 Å². The molecule has 0 radical (unpaired) electrons. The lowest BCUT2D eigenvalue weighted by atomic mass is 10.1. The molecular formula is C9H14N2O2. The highest BCUT2D eigenvalue weighted by Gasteiger charge is 2.12. The van der Waals surface area contributed by atoms with Crippen molar-refractivity contribution in [2.24, 2.45) is 0 Å². The van der Waals surface area contributed by atoms with Gasteiger partial charge < -0.3 is 5.11 Å². The highest BCUT2D eigenvalue weighted by atomic mass is 16.4. The van der Waals surface area contributed by atoms with Gasteiger partial charge >= 0.3 is 5.97 Å². The Kier molecular flexibility index (Phi) is 3.06. The van der Waals surface area contributed by atoms with Crippen LogP contribution >= 0.6 is 0 Å². The molecule has 1 N–H and O–H groups in total. The van der Waals surface area contributed by atoms with Crippen LogP contribution in [-0.2, 0) is 11.3 Å². The van der Waals surface area contributed by atoms with Crippen LogP contribution in [-0.4, -0.2) is 20.9 Å². The fourth-order valence-electron chi connectivity index (χ4n) is 1.18. The number of aliphatic carboxylic acids is 1. The first-order valence-electron chi connectivity index (χ1n) is 4.38. The van der Waals surface area contributed by atoms with Crippen molar-refractivity contribution in [3.63, 3.8) is 0 Å². The molecule has 0 aromatic carbocycles. The van der Waals surface area contributed by atoms with Crippen LogP contribution in [0.5, 0.6) is 0 Å². The van der Waals surface area contributed by atoms with Crippen LogP contribution in [0.25, 0.3) is 0 Å². The van der Waals surface area contributed by atoms with E-state index in [1.165, 1.54) is 0 Å². The average molecular weight is 182 g/mol. The molecular weight excluding hydrogens is 168 g/mol. The molecule has 72 valence electrons. The van der Waals surface area contributed by atoms with Gasteiger partial charge in [0.2, 0.25) is 0 Å². The molecule has 1 unspecified atom stereocenters. The summed E-state index contributed by atoms with van der Waals surface area (Å²) in [7, 11) is 0. The van der Waals surface area contributed by atoms with Crippen molar-refractivity contribution in [1.82, 2.24) is 9.78 Å². The molecule has 4 nitrogen and oxygen atoms in total. The molecule has 1 aromatic rings. The molecule has 1 rings (SSSR count). The van der Waals surface area contributed by atoms with Crippen LogP contribution < -0.4 is 0 Å². The number of aryl methyl sites for hydroxylation is 1. The molecule has 1 heterocycles. The second-order valence-electron chi connectivity index (χ2n) is 3.10. The van der Waals surface area contributed by atoms with E-state index >= 15 is 0 Å². The molecule has 0 fully saturated rings. The van der Waals surface area contributed by atoms with Crippen LogP contribution in [0.1, 0.15) is 31.9 Å². The third-order valence-corrected chi connectivity index (χ3v) is 1.97. The Bertz CT molecular complexity index is 294. The number of nitrogens with zero attached hydrogens (tertiary/aromatic N) is 2. The van der Waals surface area contributed by atoms with Gasteiger partial charge in [-0.2, -0.15) is 5.10 Å². The van der Waals surface area contributed by atoms with Crippen LogP contribution in [0, 0.1) is 0 Å². The van der Waals surface area contributed by atoms with Crippen molar-refractivity contribution in [3.05, 3.63) is 18.0 Å². The normalized spacial score (nSPS) is 12.8. The summed E-state index contributed by atoms with van der Waals surface area (Å²) < 4.78 is 1.80. The highest BCUT2D eigenvalue weighted by Crippen LogP contribution is 2.16. The second kappa shape index (κ2) is 4.07. The minimum absolute atomic E-state index is 0.00898. The van der Waals surface area contributed by atoms with Gasteiger partial charge in [-0.15, -0.1) is 0 Å². The van der Waals surface area contributed by atoms with E-state index in [2.05, 4.69) is 5.10 Å². The van der Waals surface area contributed by atoms with E-state index in [9.17, 15) is 4.79 Å². The van der Waals surface area contributed by atoms with Gasteiger partial charge in [0, 0.05) is 18.7 Å². The zero-order chi connectivity index (χ0) is 9.84. The Morgan fingerprint density at radius 3 is 2.92 bits per heavy atom. The first-order valence-corrected chi connectivity index (χ1v) is 4.38. The first-order chi connectivity index (χ1) is 6.13. The largest absolute Gasteiger partial charge is 0.481 e. The summed E-state index contributed by atoms with van der Waals surface area (Å²) in [6.45, 7) is 4.69. The van der Waals surface area contributed by atoms with Gasteiger partial charge in [-0.1, -0.05) is 6.92 Å². The minimum Gasteiger partial charge on any atom is -0.481 e. The van der Waals surface area contributed by atoms with Crippen molar-refractivity contribution in [1.29, 1.82) is 0 Å². The number of carbonyl (C=O) groups is 1. The lowest BCUT2D eigenvalue weighted by Crippen LogP contribution is -2.04. The lowest BCUT2D eigenvalue weighted by Gasteiger charge is -2.03. The van der Waals surface area contributed by atoms with Crippen molar-refractivity contribution in [2.45, 2.75) is 32.7 Å². The third kappa shape index (κ3) is 2.57. The Labute approximate surface area is 77.2 Å². The van der Waals surface area contributed by atoms with Crippen molar-refractivity contribution in [3.8, 4) is 0 Å². The lowest BCUT2D eigenvalue weighted by molar-refractivity contribution is -0.137. The van der Waals surface area contributed by atoms with Crippen LogP contribution in [0.3, 0.4) is 0 Å². The summed E-state index contributed by atoms with van der Waals surface area (Å²) >= 11 is 0. The van der Waals surface area contributed by atoms with E-state index in [-0.39, 0.29) is 12.3 Å². The fraction of sp³-hybridized carbons (Fsp3) is 0.556. The number of hydrogen-bond donors (Lipinski definition) is 1. The monoisotopic (exact) mass is 182 g/mol. The predicted molar refractivity (Wildman–Crippen MR) is 48.6 cm³/mol. The predicted octanol–water partition coefficient (Wildman–Crippen LogP) is 1.48. The van der Waals surface area contributed by atoms with Gasteiger partial charge in [0.05, 0.1) is 12.1 Å². The van der Waals surface area contributed by atoms with E-state index in [1.54, 1.807) is 4.68 Å². The van der Waals surface area contributed by atoms with E-state index < -0.39 is 5.97 Å². The number of carboxylic acid groups (broad SMARTS) is 1. The van der Waals surface area contributed by atoms with E-state index in [0.29, 0.717) is 0 Å². The zero-order valence-corrected chi connectivity index (χ0v) is 7.90. The molecule has 4 heteroatoms. The average Bonchev–Trinajstić information content (AvgIpc) is 2.50. The van der Waals surface area contributed by atoms with Crippen LogP contribution in [0.4, 0.5) is 0 Å². The Balaban J connectivity index is 2.65. The molecule has 1 aromatic heterocycles. The van der Waals surface area contributed by atoms with Crippen molar-refractivity contribution >= 4 is 5.97 Å². The molecule has 0 bridgehead atoms. The number of hydrogen-bond acceptors (Lipinski definition) is 2. The molecule has 0 saturated carbocycles. The van der Waals surface area contributed by atoms with Gasteiger partial charge in [0.25, 0.3) is 0 Å². The smallest absolute Gasteiger partial charge is 0.304 e. The fourth-order valence-corrected chi connectivity index (χ4v) is 1.18. The van der Waals surface area contributed by atoms with Crippen molar-refractivity contribution < 1.29 is 9.90 Å². The molecule has 0 aliphatic carbocycles. The van der Waals surface area contributed by atoms with E-state index in [1.807, 2.05) is 26.1 Å². The Hall–Kier alpha value is -1.32. The SMILES string of the molecule is CCn1ccc(C(C)CC(=O)O)n1. The number of aromatic nitrogens is 2. The maximum absolute atomic E-state index is 10.4. The van der Waals surface area contributed by atoms with Gasteiger partial charge in [-0.3, -0.25) is 9.48 Å². The molecule has 1 atom stereocenters. The molecule has 13 heavy (non-hydrogen) atoms. The quantitative estimate of drug-likeness (QED) is 0.767. The maximum atomic E-state index is 10.4. The third-order valence-electron chi connectivity index (χ3n) is 1.97. The van der Waals surface area contributed by atoms with Crippen molar-refractivity contribution in [2.75, 3.05) is 0 Å². The highest BCUT2D eigenvalue weighted by molar-refractivity contribution is 5.67. The van der Waals surface area contributed by atoms with Gasteiger partial charge in [0.15, 0.2) is 0 Å². The summed E-state index contributed by atoms with van der Waals surface area (Å²) in [6.07, 6.45) is 2.01. The molecule has 0 saturated heterocycles. The molecule has 0 aliphatic rings. The Morgan fingerprint density at radius 2 is 2.46 bits per heavy atom. The van der Waals surface area contributed by atoms with Crippen LogP contribution in [0.2, 0.25) is 0 Å². The molecule has 0 amide bonds. The minimum atomic E-state index is -0.779. The topological polar surface area (TPSA) is 55.1 Å². The van der Waals surface area contributed by atoms with Crippen LogP contribution in [0.15, 0.2) is 12.3 Å². The number of carboxylic acids is 1. The zero-order valence-electron chi connectivity index (χ0n) is 7.90.